The molecule has 5 nitrogen and oxygen atoms in total. The summed E-state index contributed by atoms with van der Waals surface area (Å²) in [4.78, 5) is 1.18. The van der Waals surface area contributed by atoms with Gasteiger partial charge < -0.3 is 25.2 Å². The van der Waals surface area contributed by atoms with Crippen LogP contribution in [0.5, 0.6) is 0 Å². The van der Waals surface area contributed by atoms with Crippen LogP contribution in [0.1, 0.15) is 22.1 Å². The number of aliphatic hydroxyl groups excluding tert-OH is 4. The highest BCUT2D eigenvalue weighted by molar-refractivity contribution is 7.37. The third-order valence-electron chi connectivity index (χ3n) is 4.85. The summed E-state index contributed by atoms with van der Waals surface area (Å²) < 4.78 is 6.92. The lowest BCUT2D eigenvalue weighted by Crippen LogP contribution is -2.55. The van der Waals surface area contributed by atoms with Crippen LogP contribution in [0.25, 0.3) is 9.40 Å². The summed E-state index contributed by atoms with van der Waals surface area (Å²) in [6.45, 7) is -0.451. The zero-order chi connectivity index (χ0) is 19.1. The van der Waals surface area contributed by atoms with E-state index in [0.29, 0.717) is 17.0 Å². The quantitative estimate of drug-likeness (QED) is 0.515. The lowest BCUT2D eigenvalue weighted by Gasteiger charge is -2.40. The SMILES string of the molecule is OC[C@H]1O[C@@H](c2ccc(Cl)c(Cc3cc4ccsc4s3)c2)[C@H](O)[C@@H](O)[C@@H]1O. The van der Waals surface area contributed by atoms with Crippen LogP contribution in [0.2, 0.25) is 5.02 Å². The molecule has 2 aromatic heterocycles. The molecule has 0 spiro atoms. The number of halogens is 1. The van der Waals surface area contributed by atoms with Crippen molar-refractivity contribution in [3.8, 4) is 0 Å². The number of rotatable bonds is 4. The molecule has 0 unspecified atom stereocenters. The summed E-state index contributed by atoms with van der Waals surface area (Å²) in [5.41, 5.74) is 1.53. The molecule has 4 N–H and O–H groups in total. The van der Waals surface area contributed by atoms with Gasteiger partial charge in [0, 0.05) is 21.7 Å². The van der Waals surface area contributed by atoms with Gasteiger partial charge in [0.2, 0.25) is 0 Å². The van der Waals surface area contributed by atoms with E-state index in [1.54, 1.807) is 34.8 Å². The predicted octanol–water partition coefficient (Wildman–Crippen LogP) is 2.72. The van der Waals surface area contributed by atoms with Gasteiger partial charge in [-0.3, -0.25) is 0 Å². The van der Waals surface area contributed by atoms with Crippen molar-refractivity contribution in [3.63, 3.8) is 0 Å². The molecular formula is C19H19ClO5S2. The van der Waals surface area contributed by atoms with Crippen LogP contribution in [0.3, 0.4) is 0 Å². The predicted molar refractivity (Wildman–Crippen MR) is 107 cm³/mol. The van der Waals surface area contributed by atoms with Crippen molar-refractivity contribution in [2.45, 2.75) is 36.9 Å². The zero-order valence-corrected chi connectivity index (χ0v) is 16.5. The Morgan fingerprint density at radius 3 is 2.59 bits per heavy atom. The van der Waals surface area contributed by atoms with Crippen molar-refractivity contribution in [1.29, 1.82) is 0 Å². The molecule has 3 heterocycles. The van der Waals surface area contributed by atoms with E-state index in [1.807, 2.05) is 6.07 Å². The Morgan fingerprint density at radius 2 is 1.85 bits per heavy atom. The maximum absolute atomic E-state index is 10.3. The van der Waals surface area contributed by atoms with E-state index in [4.69, 9.17) is 16.3 Å². The van der Waals surface area contributed by atoms with Crippen LogP contribution in [0.4, 0.5) is 0 Å². The molecule has 144 valence electrons. The van der Waals surface area contributed by atoms with E-state index in [0.717, 1.165) is 5.56 Å². The standard InChI is InChI=1S/C19H19ClO5S2/c20-13-2-1-9(18-17(24)16(23)15(22)14(8-21)25-18)5-11(13)7-12-6-10-3-4-26-19(10)27-12/h1-6,14-18,21-24H,7-8H2/t14-,15-,16+,17-,18+/m1/s1. The zero-order valence-electron chi connectivity index (χ0n) is 14.2. The highest BCUT2D eigenvalue weighted by Crippen LogP contribution is 2.36. The molecule has 27 heavy (non-hydrogen) atoms. The van der Waals surface area contributed by atoms with Crippen molar-refractivity contribution < 1.29 is 25.2 Å². The normalized spacial score (nSPS) is 28.7. The molecule has 3 aromatic rings. The van der Waals surface area contributed by atoms with E-state index in [2.05, 4.69) is 17.5 Å². The Kier molecular flexibility index (Phi) is 5.55. The van der Waals surface area contributed by atoms with Crippen molar-refractivity contribution in [2.75, 3.05) is 6.61 Å². The molecule has 4 rings (SSSR count). The van der Waals surface area contributed by atoms with Gasteiger partial charge >= 0.3 is 0 Å². The lowest BCUT2D eigenvalue weighted by atomic mass is 9.90. The molecule has 1 fully saturated rings. The van der Waals surface area contributed by atoms with Crippen molar-refractivity contribution in [3.05, 3.63) is 56.7 Å². The van der Waals surface area contributed by atoms with E-state index >= 15 is 0 Å². The van der Waals surface area contributed by atoms with Gasteiger partial charge in [0.25, 0.3) is 0 Å². The fourth-order valence-corrected chi connectivity index (χ4v) is 5.74. The number of thiophene rings is 2. The summed E-state index contributed by atoms with van der Waals surface area (Å²) in [5, 5.41) is 43.6. The summed E-state index contributed by atoms with van der Waals surface area (Å²) in [6.07, 6.45) is -5.21. The van der Waals surface area contributed by atoms with Crippen LogP contribution >= 0.6 is 34.3 Å². The van der Waals surface area contributed by atoms with Crippen LogP contribution in [0.15, 0.2) is 35.7 Å². The number of hydrogen-bond donors (Lipinski definition) is 4. The number of hydrogen-bond acceptors (Lipinski definition) is 7. The molecule has 0 saturated carbocycles. The topological polar surface area (TPSA) is 90.2 Å². The van der Waals surface area contributed by atoms with Gasteiger partial charge in [-0.1, -0.05) is 23.7 Å². The molecule has 1 aromatic carbocycles. The Bertz CT molecular complexity index is 909. The molecule has 5 atom stereocenters. The largest absolute Gasteiger partial charge is 0.394 e. The minimum atomic E-state index is -1.40. The van der Waals surface area contributed by atoms with Gasteiger partial charge in [-0.05, 0) is 34.7 Å². The highest BCUT2D eigenvalue weighted by Gasteiger charge is 2.44. The molecule has 0 aliphatic carbocycles. The molecule has 0 amide bonds. The second-order valence-corrected chi connectivity index (χ2v) is 9.37. The van der Waals surface area contributed by atoms with Gasteiger partial charge in [-0.25, -0.2) is 0 Å². The van der Waals surface area contributed by atoms with Gasteiger partial charge in [-0.2, -0.15) is 0 Å². The average Bonchev–Trinajstić information content (AvgIpc) is 3.24. The first-order chi connectivity index (χ1) is 13.0. The Labute approximate surface area is 169 Å². The Morgan fingerprint density at radius 1 is 1.04 bits per heavy atom. The first-order valence-corrected chi connectivity index (χ1v) is 10.6. The minimum absolute atomic E-state index is 0.451. The second kappa shape index (κ2) is 7.77. The summed E-state index contributed by atoms with van der Waals surface area (Å²) >= 11 is 9.81. The average molecular weight is 427 g/mol. The Hall–Kier alpha value is -1.03. The maximum atomic E-state index is 10.3. The Balaban J connectivity index is 1.62. The van der Waals surface area contributed by atoms with Gasteiger partial charge in [0.05, 0.1) is 10.6 Å². The minimum Gasteiger partial charge on any atom is -0.394 e. The van der Waals surface area contributed by atoms with Crippen molar-refractivity contribution >= 4 is 43.7 Å². The highest BCUT2D eigenvalue weighted by atomic mass is 35.5. The maximum Gasteiger partial charge on any atom is 0.113 e. The third-order valence-corrected chi connectivity index (χ3v) is 7.43. The van der Waals surface area contributed by atoms with E-state index in [9.17, 15) is 20.4 Å². The number of ether oxygens (including phenoxy) is 1. The summed E-state index contributed by atoms with van der Waals surface area (Å²) in [6, 6.07) is 9.55. The monoisotopic (exact) mass is 426 g/mol. The second-order valence-electron chi connectivity index (χ2n) is 6.65. The lowest BCUT2D eigenvalue weighted by molar-refractivity contribution is -0.231. The van der Waals surface area contributed by atoms with Gasteiger partial charge in [-0.15, -0.1) is 22.7 Å². The summed E-state index contributed by atoms with van der Waals surface area (Å²) in [7, 11) is 0. The molecule has 0 radical (unpaired) electrons. The van der Waals surface area contributed by atoms with Gasteiger partial charge in [0.15, 0.2) is 0 Å². The van der Waals surface area contributed by atoms with E-state index in [-0.39, 0.29) is 0 Å². The van der Waals surface area contributed by atoms with E-state index in [1.165, 1.54) is 14.3 Å². The van der Waals surface area contributed by atoms with Gasteiger partial charge in [0.1, 0.15) is 30.5 Å². The molecular weight excluding hydrogens is 408 g/mol. The van der Waals surface area contributed by atoms with Crippen molar-refractivity contribution in [2.24, 2.45) is 0 Å². The smallest absolute Gasteiger partial charge is 0.113 e. The third kappa shape index (κ3) is 3.66. The van der Waals surface area contributed by atoms with Crippen LogP contribution < -0.4 is 0 Å². The van der Waals surface area contributed by atoms with Crippen LogP contribution in [-0.2, 0) is 11.2 Å². The molecule has 8 heteroatoms. The van der Waals surface area contributed by atoms with Crippen LogP contribution in [0, 0.1) is 0 Å². The molecule has 1 aliphatic heterocycles. The van der Waals surface area contributed by atoms with E-state index < -0.39 is 37.1 Å². The van der Waals surface area contributed by atoms with Crippen molar-refractivity contribution in [1.82, 2.24) is 0 Å². The fourth-order valence-electron chi connectivity index (χ4n) is 3.38. The molecule has 1 aliphatic rings. The summed E-state index contributed by atoms with van der Waals surface area (Å²) in [5.74, 6) is 0. The number of benzene rings is 1. The molecule has 0 bridgehead atoms. The first-order valence-electron chi connectivity index (χ1n) is 8.52. The molecule has 1 saturated heterocycles. The fraction of sp³-hybridized carbons (Fsp3) is 0.368. The van der Waals surface area contributed by atoms with Crippen LogP contribution in [-0.4, -0.2) is 51.4 Å². The first kappa shape index (κ1) is 19.3. The number of aliphatic hydroxyl groups is 4. The number of fused-ring (bicyclic) bond motifs is 1.